The number of anilines is 2. The second-order valence-electron chi connectivity index (χ2n) is 8.70. The van der Waals surface area contributed by atoms with Gasteiger partial charge in [-0.2, -0.15) is 5.26 Å². The first-order valence-corrected chi connectivity index (χ1v) is 12.9. The maximum atomic E-state index is 13.2. The molecule has 0 spiro atoms. The predicted octanol–water partition coefficient (Wildman–Crippen LogP) is 5.29. The van der Waals surface area contributed by atoms with E-state index in [1.165, 1.54) is 16.4 Å². The molecule has 0 aromatic heterocycles. The fraction of sp³-hybridized carbons (Fsp3) is 0.231. The summed E-state index contributed by atoms with van der Waals surface area (Å²) in [5.41, 5.74) is 3.13. The number of carbonyl (C=O) groups excluding carboxylic acids is 1. The number of sulfonamides is 1. The molecule has 5 rings (SSSR count). The molecule has 0 radical (unpaired) electrons. The second kappa shape index (κ2) is 8.46. The Morgan fingerprint density at radius 1 is 1.03 bits per heavy atom. The number of nitriles is 1. The molecule has 34 heavy (non-hydrogen) atoms. The summed E-state index contributed by atoms with van der Waals surface area (Å²) in [4.78, 5) is 13.1. The number of fused-ring (bicyclic) bond motifs is 1. The molecule has 0 bridgehead atoms. The Morgan fingerprint density at radius 3 is 2.38 bits per heavy atom. The minimum atomic E-state index is -3.74. The highest BCUT2D eigenvalue weighted by atomic mass is 35.5. The minimum absolute atomic E-state index is 0.180. The molecule has 1 heterocycles. The Labute approximate surface area is 203 Å². The zero-order chi connectivity index (χ0) is 23.9. The number of nitrogens with zero attached hydrogens (tertiary/aromatic N) is 2. The lowest BCUT2D eigenvalue weighted by Crippen LogP contribution is -2.35. The largest absolute Gasteiger partial charge is 0.322 e. The summed E-state index contributed by atoms with van der Waals surface area (Å²) in [5, 5.41) is 12.7. The van der Waals surface area contributed by atoms with Crippen molar-refractivity contribution in [2.24, 2.45) is 0 Å². The highest BCUT2D eigenvalue weighted by molar-refractivity contribution is 7.92. The third kappa shape index (κ3) is 4.04. The number of rotatable bonds is 5. The van der Waals surface area contributed by atoms with Crippen LogP contribution in [0.25, 0.3) is 0 Å². The van der Waals surface area contributed by atoms with Crippen molar-refractivity contribution in [2.75, 3.05) is 16.2 Å². The molecule has 0 atom stereocenters. The van der Waals surface area contributed by atoms with Crippen LogP contribution in [0.4, 0.5) is 11.4 Å². The number of hydrogen-bond acceptors (Lipinski definition) is 4. The van der Waals surface area contributed by atoms with Gasteiger partial charge in [-0.15, -0.1) is 0 Å². The maximum Gasteiger partial charge on any atom is 0.264 e. The van der Waals surface area contributed by atoms with Gasteiger partial charge in [0, 0.05) is 22.8 Å². The number of carbonyl (C=O) groups is 1. The van der Waals surface area contributed by atoms with Crippen LogP contribution in [0.1, 0.15) is 40.7 Å². The van der Waals surface area contributed by atoms with Gasteiger partial charge < -0.3 is 5.32 Å². The van der Waals surface area contributed by atoms with Crippen LogP contribution in [0.3, 0.4) is 0 Å². The summed E-state index contributed by atoms with van der Waals surface area (Å²) >= 11 is 5.91. The van der Waals surface area contributed by atoms with Gasteiger partial charge in [0.15, 0.2) is 0 Å². The van der Waals surface area contributed by atoms with Crippen LogP contribution < -0.4 is 9.62 Å². The van der Waals surface area contributed by atoms with E-state index in [0.29, 0.717) is 41.3 Å². The number of aryl methyl sites for hydroxylation is 1. The van der Waals surface area contributed by atoms with Crippen molar-refractivity contribution in [1.82, 2.24) is 0 Å². The van der Waals surface area contributed by atoms with Crippen molar-refractivity contribution in [1.29, 1.82) is 5.26 Å². The lowest BCUT2D eigenvalue weighted by molar-refractivity contribution is 0.102. The Balaban J connectivity index is 1.36. The van der Waals surface area contributed by atoms with Gasteiger partial charge in [0.25, 0.3) is 15.9 Å². The van der Waals surface area contributed by atoms with E-state index in [4.69, 9.17) is 11.6 Å². The minimum Gasteiger partial charge on any atom is -0.322 e. The van der Waals surface area contributed by atoms with E-state index in [-0.39, 0.29) is 16.2 Å². The van der Waals surface area contributed by atoms with Crippen molar-refractivity contribution in [2.45, 2.75) is 36.0 Å². The van der Waals surface area contributed by atoms with E-state index in [1.807, 2.05) is 24.3 Å². The molecule has 6 nitrogen and oxygen atoms in total. The fourth-order valence-electron chi connectivity index (χ4n) is 4.35. The van der Waals surface area contributed by atoms with Crippen LogP contribution in [-0.4, -0.2) is 20.9 Å². The summed E-state index contributed by atoms with van der Waals surface area (Å²) in [6.07, 6.45) is 3.09. The monoisotopic (exact) mass is 491 g/mol. The van der Waals surface area contributed by atoms with Crippen LogP contribution in [0.5, 0.6) is 0 Å². The molecule has 3 aromatic carbocycles. The van der Waals surface area contributed by atoms with Gasteiger partial charge in [0.1, 0.15) is 0 Å². The highest BCUT2D eigenvalue weighted by Gasteiger charge is 2.44. The van der Waals surface area contributed by atoms with Crippen molar-refractivity contribution < 1.29 is 13.2 Å². The molecule has 3 aromatic rings. The van der Waals surface area contributed by atoms with Crippen molar-refractivity contribution in [3.8, 4) is 6.07 Å². The van der Waals surface area contributed by atoms with E-state index < -0.39 is 10.0 Å². The topological polar surface area (TPSA) is 90.3 Å². The lowest BCUT2D eigenvalue weighted by Gasteiger charge is -2.30. The van der Waals surface area contributed by atoms with Gasteiger partial charge in [0.2, 0.25) is 0 Å². The molecular formula is C26H22ClN3O3S. The van der Waals surface area contributed by atoms with E-state index in [0.717, 1.165) is 24.0 Å². The molecule has 8 heteroatoms. The normalized spacial score (nSPS) is 16.3. The molecule has 1 amide bonds. The van der Waals surface area contributed by atoms with Crippen molar-refractivity contribution in [3.05, 3.63) is 88.4 Å². The van der Waals surface area contributed by atoms with Gasteiger partial charge in [-0.25, -0.2) is 8.42 Å². The van der Waals surface area contributed by atoms with E-state index in [1.54, 1.807) is 30.3 Å². The van der Waals surface area contributed by atoms with E-state index in [9.17, 15) is 18.5 Å². The smallest absolute Gasteiger partial charge is 0.264 e. The average molecular weight is 492 g/mol. The van der Waals surface area contributed by atoms with Crippen molar-refractivity contribution >= 4 is 38.9 Å². The molecular weight excluding hydrogens is 470 g/mol. The Bertz CT molecular complexity index is 1410. The van der Waals surface area contributed by atoms with Gasteiger partial charge in [-0.1, -0.05) is 23.7 Å². The number of amides is 1. The third-order valence-electron chi connectivity index (χ3n) is 6.48. The molecule has 1 saturated carbocycles. The Kier molecular flexibility index (Phi) is 5.59. The number of benzene rings is 3. The van der Waals surface area contributed by atoms with Crippen LogP contribution >= 0.6 is 11.6 Å². The molecule has 172 valence electrons. The molecule has 2 aliphatic rings. The summed E-state index contributed by atoms with van der Waals surface area (Å²) in [6, 6.07) is 21.0. The van der Waals surface area contributed by atoms with Crippen LogP contribution in [-0.2, 0) is 21.9 Å². The second-order valence-corrected chi connectivity index (χ2v) is 11.0. The van der Waals surface area contributed by atoms with Gasteiger partial charge in [0.05, 0.1) is 22.1 Å². The van der Waals surface area contributed by atoms with Gasteiger partial charge in [-0.05, 0) is 91.4 Å². The van der Waals surface area contributed by atoms with Crippen LogP contribution in [0, 0.1) is 11.3 Å². The molecule has 0 saturated heterocycles. The fourth-order valence-corrected chi connectivity index (χ4v) is 6.02. The first-order chi connectivity index (χ1) is 16.3. The SMILES string of the molecule is N#CC1(c2ccc(NC(=O)c3ccc4c(c3)CCCN4S(=O)(=O)c3ccc(Cl)cc3)cc2)CC1. The molecule has 1 aliphatic carbocycles. The average Bonchev–Trinajstić information content (AvgIpc) is 3.65. The first kappa shape index (κ1) is 22.5. The highest BCUT2D eigenvalue weighted by Crippen LogP contribution is 2.47. The lowest BCUT2D eigenvalue weighted by atomic mass is 9.97. The molecule has 1 N–H and O–H groups in total. The Morgan fingerprint density at radius 2 is 1.74 bits per heavy atom. The third-order valence-corrected chi connectivity index (χ3v) is 8.56. The molecule has 0 unspecified atom stereocenters. The summed E-state index contributed by atoms with van der Waals surface area (Å²) in [5.74, 6) is -0.269. The number of halogens is 1. The summed E-state index contributed by atoms with van der Waals surface area (Å²) in [6.45, 7) is 0.375. The zero-order valence-corrected chi connectivity index (χ0v) is 19.9. The van der Waals surface area contributed by atoms with E-state index >= 15 is 0 Å². The van der Waals surface area contributed by atoms with Crippen LogP contribution in [0.2, 0.25) is 5.02 Å². The zero-order valence-electron chi connectivity index (χ0n) is 18.3. The summed E-state index contributed by atoms with van der Waals surface area (Å²) < 4.78 is 27.9. The Hall–Kier alpha value is -3.34. The van der Waals surface area contributed by atoms with Crippen LogP contribution in [0.15, 0.2) is 71.6 Å². The quantitative estimate of drug-likeness (QED) is 0.525. The van der Waals surface area contributed by atoms with Crippen molar-refractivity contribution in [3.63, 3.8) is 0 Å². The summed E-state index contributed by atoms with van der Waals surface area (Å²) in [7, 11) is -3.74. The van der Waals surface area contributed by atoms with Gasteiger partial charge in [-0.3, -0.25) is 9.10 Å². The molecule has 1 aliphatic heterocycles. The predicted molar refractivity (Wildman–Crippen MR) is 132 cm³/mol. The number of nitrogens with one attached hydrogen (secondary N) is 1. The standard InChI is InChI=1S/C26H22ClN3O3S/c27-21-6-10-23(11-7-21)34(32,33)30-15-1-2-18-16-19(3-12-24(18)30)25(31)29-22-8-4-20(5-9-22)26(17-28)13-14-26/h3-12,16H,1-2,13-15H2,(H,29,31). The number of hydrogen-bond donors (Lipinski definition) is 1. The molecule has 1 fully saturated rings. The maximum absolute atomic E-state index is 13.2. The van der Waals surface area contributed by atoms with E-state index in [2.05, 4.69) is 11.4 Å². The van der Waals surface area contributed by atoms with Gasteiger partial charge >= 0.3 is 0 Å². The first-order valence-electron chi connectivity index (χ1n) is 11.1.